The molecule has 5 rings (SSSR count). The maximum absolute atomic E-state index is 11.6. The largest absolute Gasteiger partial charge is 0.478 e. The number of aromatic carboxylic acids is 1. The number of imidazole rings is 1. The molecule has 2 aromatic carbocycles. The van der Waals surface area contributed by atoms with Gasteiger partial charge in [-0.15, -0.1) is 0 Å². The Hall–Kier alpha value is -3.44. The summed E-state index contributed by atoms with van der Waals surface area (Å²) in [5.41, 5.74) is 7.41. The second-order valence-corrected chi connectivity index (χ2v) is 8.40. The van der Waals surface area contributed by atoms with Crippen LogP contribution in [0.15, 0.2) is 60.8 Å². The van der Waals surface area contributed by atoms with Gasteiger partial charge in [-0.05, 0) is 60.6 Å². The second kappa shape index (κ2) is 7.36. The molecular weight excluding hydrogens is 388 g/mol. The highest BCUT2D eigenvalue weighted by molar-refractivity contribution is 5.96. The van der Waals surface area contributed by atoms with Crippen molar-refractivity contribution in [1.29, 1.82) is 0 Å². The fourth-order valence-corrected chi connectivity index (χ4v) is 4.36. The fourth-order valence-electron chi connectivity index (χ4n) is 4.36. The number of carboxylic acids is 1. The number of aliphatic hydroxyl groups is 1. The van der Waals surface area contributed by atoms with Gasteiger partial charge >= 0.3 is 5.97 Å². The van der Waals surface area contributed by atoms with E-state index in [1.807, 2.05) is 41.7 Å². The van der Waals surface area contributed by atoms with Crippen molar-refractivity contribution in [2.75, 3.05) is 0 Å². The molecular formula is C26H24N2O3. The number of rotatable bonds is 5. The molecule has 4 aromatic rings. The van der Waals surface area contributed by atoms with E-state index in [2.05, 4.69) is 19.2 Å². The summed E-state index contributed by atoms with van der Waals surface area (Å²) in [6, 6.07) is 16.5. The molecule has 1 aliphatic rings. The number of pyridine rings is 1. The lowest BCUT2D eigenvalue weighted by atomic mass is 9.96. The Kier molecular flexibility index (Phi) is 4.63. The van der Waals surface area contributed by atoms with Crippen molar-refractivity contribution in [1.82, 2.24) is 9.38 Å². The predicted octanol–water partition coefficient (Wildman–Crippen LogP) is 5.28. The number of aryl methyl sites for hydroxylation is 2. The van der Waals surface area contributed by atoms with E-state index >= 15 is 0 Å². The van der Waals surface area contributed by atoms with Gasteiger partial charge in [0.15, 0.2) is 0 Å². The van der Waals surface area contributed by atoms with Gasteiger partial charge in [0, 0.05) is 12.1 Å². The molecule has 0 unspecified atom stereocenters. The number of benzene rings is 2. The summed E-state index contributed by atoms with van der Waals surface area (Å²) in [6.45, 7) is 4.07. The maximum atomic E-state index is 11.6. The van der Waals surface area contributed by atoms with Gasteiger partial charge in [0.1, 0.15) is 11.8 Å². The van der Waals surface area contributed by atoms with E-state index in [4.69, 9.17) is 4.98 Å². The van der Waals surface area contributed by atoms with Crippen molar-refractivity contribution in [3.05, 3.63) is 94.4 Å². The van der Waals surface area contributed by atoms with Crippen LogP contribution in [0.1, 0.15) is 63.3 Å². The average Bonchev–Trinajstić information content (AvgIpc) is 3.52. The highest BCUT2D eigenvalue weighted by atomic mass is 16.4. The summed E-state index contributed by atoms with van der Waals surface area (Å²) in [5.74, 6) is -0.415. The van der Waals surface area contributed by atoms with Gasteiger partial charge in [-0.2, -0.15) is 0 Å². The molecule has 5 heteroatoms. The Morgan fingerprint density at radius 3 is 2.45 bits per heavy atom. The minimum atomic E-state index is -0.955. The summed E-state index contributed by atoms with van der Waals surface area (Å²) in [6.07, 6.45) is 3.62. The third-order valence-electron chi connectivity index (χ3n) is 6.12. The van der Waals surface area contributed by atoms with E-state index < -0.39 is 12.1 Å². The first kappa shape index (κ1) is 19.5. The third-order valence-corrected chi connectivity index (χ3v) is 6.12. The molecule has 0 spiro atoms. The van der Waals surface area contributed by atoms with Crippen LogP contribution in [0, 0.1) is 13.8 Å². The Morgan fingerprint density at radius 2 is 1.77 bits per heavy atom. The first-order valence-corrected chi connectivity index (χ1v) is 10.5. The molecule has 1 fully saturated rings. The number of fused-ring (bicyclic) bond motifs is 1. The number of aliphatic hydroxyl groups excluding tert-OH is 1. The lowest BCUT2D eigenvalue weighted by Crippen LogP contribution is -2.09. The van der Waals surface area contributed by atoms with Crippen LogP contribution in [0.5, 0.6) is 0 Å². The molecule has 2 N–H and O–H groups in total. The van der Waals surface area contributed by atoms with Crippen LogP contribution in [-0.4, -0.2) is 25.6 Å². The van der Waals surface area contributed by atoms with E-state index in [1.54, 1.807) is 18.2 Å². The third kappa shape index (κ3) is 3.41. The normalized spacial score (nSPS) is 14.7. The number of nitrogens with zero attached hydrogens (tertiary/aromatic N) is 2. The first-order valence-electron chi connectivity index (χ1n) is 10.5. The van der Waals surface area contributed by atoms with E-state index in [1.165, 1.54) is 12.8 Å². The summed E-state index contributed by atoms with van der Waals surface area (Å²) in [4.78, 5) is 16.4. The summed E-state index contributed by atoms with van der Waals surface area (Å²) in [5, 5.41) is 20.8. The maximum Gasteiger partial charge on any atom is 0.336 e. The first-order chi connectivity index (χ1) is 14.9. The highest BCUT2D eigenvalue weighted by Gasteiger charge is 2.28. The van der Waals surface area contributed by atoms with Crippen molar-refractivity contribution in [2.45, 2.75) is 38.7 Å². The highest BCUT2D eigenvalue weighted by Crippen LogP contribution is 2.40. The summed E-state index contributed by atoms with van der Waals surface area (Å²) < 4.78 is 2.04. The van der Waals surface area contributed by atoms with Crippen LogP contribution < -0.4 is 0 Å². The van der Waals surface area contributed by atoms with Crippen molar-refractivity contribution >= 4 is 11.6 Å². The molecule has 1 aliphatic carbocycles. The van der Waals surface area contributed by atoms with E-state index in [0.717, 1.165) is 39.3 Å². The zero-order valence-electron chi connectivity index (χ0n) is 17.5. The quantitative estimate of drug-likeness (QED) is 0.468. The molecule has 0 saturated heterocycles. The van der Waals surface area contributed by atoms with Crippen LogP contribution in [0.25, 0.3) is 16.8 Å². The minimum absolute atomic E-state index is 0.262. The van der Waals surface area contributed by atoms with Crippen LogP contribution in [0.4, 0.5) is 0 Å². The Balaban J connectivity index is 1.55. The second-order valence-electron chi connectivity index (χ2n) is 8.40. The molecule has 1 saturated carbocycles. The number of hydrogen-bond donors (Lipinski definition) is 2. The Bertz CT molecular complexity index is 1300. The van der Waals surface area contributed by atoms with Crippen molar-refractivity contribution < 1.29 is 15.0 Å². The number of carbonyl (C=O) groups is 1. The topological polar surface area (TPSA) is 74.8 Å². The summed E-state index contributed by atoms with van der Waals surface area (Å²) in [7, 11) is 0. The predicted molar refractivity (Wildman–Crippen MR) is 120 cm³/mol. The molecule has 0 bridgehead atoms. The smallest absolute Gasteiger partial charge is 0.336 e. The van der Waals surface area contributed by atoms with Crippen LogP contribution in [0.2, 0.25) is 0 Å². The standard InChI is InChI=1S/C26H24N2O3/c1-15-13-16(2)25-27-22(18-9-10-18)14-28(25)23(15)24(29)19-11-7-17(8-12-19)20-5-3-4-6-21(20)26(30)31/h3-8,11-14,18,24,29H,9-10H2,1-2H3,(H,30,31)/t24-/m1/s1. The van der Waals surface area contributed by atoms with E-state index in [-0.39, 0.29) is 5.56 Å². The van der Waals surface area contributed by atoms with Crippen molar-refractivity contribution in [3.63, 3.8) is 0 Å². The van der Waals surface area contributed by atoms with Gasteiger partial charge in [0.05, 0.1) is 17.0 Å². The average molecular weight is 412 g/mol. The van der Waals surface area contributed by atoms with Gasteiger partial charge in [-0.3, -0.25) is 0 Å². The van der Waals surface area contributed by atoms with Crippen LogP contribution >= 0.6 is 0 Å². The number of hydrogen-bond acceptors (Lipinski definition) is 3. The Labute approximate surface area is 180 Å². The van der Waals surface area contributed by atoms with E-state index in [9.17, 15) is 15.0 Å². The lowest BCUT2D eigenvalue weighted by molar-refractivity contribution is 0.0697. The number of carboxylic acid groups (broad SMARTS) is 1. The molecule has 2 aromatic heterocycles. The molecule has 156 valence electrons. The van der Waals surface area contributed by atoms with Gasteiger partial charge in [0.2, 0.25) is 0 Å². The molecule has 0 amide bonds. The van der Waals surface area contributed by atoms with E-state index in [0.29, 0.717) is 11.5 Å². The van der Waals surface area contributed by atoms with Crippen LogP contribution in [-0.2, 0) is 0 Å². The molecule has 0 radical (unpaired) electrons. The van der Waals surface area contributed by atoms with Gasteiger partial charge in [-0.1, -0.05) is 48.5 Å². The minimum Gasteiger partial charge on any atom is -0.478 e. The van der Waals surface area contributed by atoms with Gasteiger partial charge < -0.3 is 14.6 Å². The SMILES string of the molecule is Cc1cc(C)c2nc(C3CC3)cn2c1[C@H](O)c1ccc(-c2ccccc2C(=O)O)cc1. The van der Waals surface area contributed by atoms with Crippen molar-refractivity contribution in [2.24, 2.45) is 0 Å². The summed E-state index contributed by atoms with van der Waals surface area (Å²) >= 11 is 0. The number of aromatic nitrogens is 2. The Morgan fingerprint density at radius 1 is 1.06 bits per heavy atom. The molecule has 2 heterocycles. The molecule has 5 nitrogen and oxygen atoms in total. The van der Waals surface area contributed by atoms with Gasteiger partial charge in [-0.25, -0.2) is 9.78 Å². The zero-order valence-corrected chi connectivity index (χ0v) is 17.5. The molecule has 1 atom stereocenters. The molecule has 31 heavy (non-hydrogen) atoms. The van der Waals surface area contributed by atoms with Gasteiger partial charge in [0.25, 0.3) is 0 Å². The van der Waals surface area contributed by atoms with Crippen LogP contribution in [0.3, 0.4) is 0 Å². The zero-order chi connectivity index (χ0) is 21.7. The monoisotopic (exact) mass is 412 g/mol. The lowest BCUT2D eigenvalue weighted by Gasteiger charge is -2.18. The fraction of sp³-hybridized carbons (Fsp3) is 0.231. The molecule has 0 aliphatic heterocycles. The van der Waals surface area contributed by atoms with Crippen molar-refractivity contribution in [3.8, 4) is 11.1 Å².